The average Bonchev–Trinajstić information content (AvgIpc) is 3.06. The lowest BCUT2D eigenvalue weighted by Gasteiger charge is -2.13. The molecular weight excluding hydrogens is 232 g/mol. The Kier molecular flexibility index (Phi) is 3.62. The van der Waals surface area contributed by atoms with Crippen molar-refractivity contribution in [2.24, 2.45) is 0 Å². The molecule has 1 aliphatic rings. The first-order valence-electron chi connectivity index (χ1n) is 5.89. The standard InChI is InChI=1S/C13H18N2OS/c1-8-3-6-12(11(14)7-8)17-9(2)13(16)15-10-4-5-10/h3,6-7,9-10H,4-5,14H2,1-2H3,(H,15,16). The zero-order valence-corrected chi connectivity index (χ0v) is 11.0. The van der Waals surface area contributed by atoms with Crippen LogP contribution in [0.5, 0.6) is 0 Å². The number of nitrogen functional groups attached to an aromatic ring is 1. The smallest absolute Gasteiger partial charge is 0.233 e. The number of carbonyl (C=O) groups is 1. The van der Waals surface area contributed by atoms with E-state index in [4.69, 9.17) is 5.73 Å². The first-order chi connectivity index (χ1) is 8.06. The minimum absolute atomic E-state index is 0.0967. The van der Waals surface area contributed by atoms with Crippen LogP contribution < -0.4 is 11.1 Å². The summed E-state index contributed by atoms with van der Waals surface area (Å²) in [5, 5.41) is 2.91. The van der Waals surface area contributed by atoms with Crippen molar-refractivity contribution in [3.63, 3.8) is 0 Å². The van der Waals surface area contributed by atoms with E-state index in [0.29, 0.717) is 6.04 Å². The monoisotopic (exact) mass is 250 g/mol. The van der Waals surface area contributed by atoms with Gasteiger partial charge in [0.05, 0.1) is 5.25 Å². The second kappa shape index (κ2) is 5.00. The molecule has 3 N–H and O–H groups in total. The highest BCUT2D eigenvalue weighted by atomic mass is 32.2. The Morgan fingerprint density at radius 3 is 2.82 bits per heavy atom. The first kappa shape index (κ1) is 12.3. The number of rotatable bonds is 4. The highest BCUT2D eigenvalue weighted by molar-refractivity contribution is 8.00. The Morgan fingerprint density at radius 1 is 1.53 bits per heavy atom. The van der Waals surface area contributed by atoms with Gasteiger partial charge in [0.25, 0.3) is 0 Å². The quantitative estimate of drug-likeness (QED) is 0.637. The van der Waals surface area contributed by atoms with Gasteiger partial charge in [0.2, 0.25) is 5.91 Å². The zero-order valence-electron chi connectivity index (χ0n) is 10.2. The molecule has 1 saturated carbocycles. The van der Waals surface area contributed by atoms with E-state index in [9.17, 15) is 4.79 Å². The van der Waals surface area contributed by atoms with Gasteiger partial charge in [-0.3, -0.25) is 4.79 Å². The highest BCUT2D eigenvalue weighted by Crippen LogP contribution is 2.30. The number of amides is 1. The van der Waals surface area contributed by atoms with Crippen molar-refractivity contribution < 1.29 is 4.79 Å². The number of hydrogen-bond donors (Lipinski definition) is 2. The van der Waals surface area contributed by atoms with Crippen LogP contribution in [0.4, 0.5) is 5.69 Å². The SMILES string of the molecule is Cc1ccc(SC(C)C(=O)NC2CC2)c(N)c1. The van der Waals surface area contributed by atoms with Gasteiger partial charge in [-0.1, -0.05) is 6.07 Å². The molecule has 0 bridgehead atoms. The molecule has 1 aromatic rings. The molecule has 1 fully saturated rings. The lowest BCUT2D eigenvalue weighted by atomic mass is 10.2. The second-order valence-electron chi connectivity index (χ2n) is 4.58. The Bertz CT molecular complexity index is 429. The fourth-order valence-corrected chi connectivity index (χ4v) is 2.46. The normalized spacial score (nSPS) is 16.6. The van der Waals surface area contributed by atoms with Gasteiger partial charge in [0.1, 0.15) is 0 Å². The highest BCUT2D eigenvalue weighted by Gasteiger charge is 2.26. The molecule has 1 aliphatic carbocycles. The van der Waals surface area contributed by atoms with Crippen molar-refractivity contribution in [2.45, 2.75) is 42.9 Å². The van der Waals surface area contributed by atoms with Crippen molar-refractivity contribution in [1.29, 1.82) is 0 Å². The summed E-state index contributed by atoms with van der Waals surface area (Å²) >= 11 is 1.52. The van der Waals surface area contributed by atoms with Crippen LogP contribution >= 0.6 is 11.8 Å². The Morgan fingerprint density at radius 2 is 2.24 bits per heavy atom. The third-order valence-electron chi connectivity index (χ3n) is 2.76. The summed E-state index contributed by atoms with van der Waals surface area (Å²) in [5.74, 6) is 0.109. The van der Waals surface area contributed by atoms with Crippen molar-refractivity contribution >= 4 is 23.4 Å². The summed E-state index contributed by atoms with van der Waals surface area (Å²) < 4.78 is 0. The van der Waals surface area contributed by atoms with Crippen LogP contribution in [0.25, 0.3) is 0 Å². The van der Waals surface area contributed by atoms with Gasteiger partial charge < -0.3 is 11.1 Å². The van der Waals surface area contributed by atoms with Gasteiger partial charge in [-0.25, -0.2) is 0 Å². The van der Waals surface area contributed by atoms with Crippen molar-refractivity contribution in [2.75, 3.05) is 5.73 Å². The van der Waals surface area contributed by atoms with Crippen LogP contribution in [0, 0.1) is 6.92 Å². The lowest BCUT2D eigenvalue weighted by molar-refractivity contribution is -0.120. The average molecular weight is 250 g/mol. The number of nitrogens with one attached hydrogen (secondary N) is 1. The van der Waals surface area contributed by atoms with E-state index in [-0.39, 0.29) is 11.2 Å². The van der Waals surface area contributed by atoms with E-state index in [1.165, 1.54) is 11.8 Å². The number of anilines is 1. The molecule has 0 saturated heterocycles. The number of thioether (sulfide) groups is 1. The number of aryl methyl sites for hydroxylation is 1. The third-order valence-corrected chi connectivity index (χ3v) is 3.96. The van der Waals surface area contributed by atoms with Crippen LogP contribution in [-0.2, 0) is 4.79 Å². The molecule has 3 nitrogen and oxygen atoms in total. The van der Waals surface area contributed by atoms with Crippen LogP contribution in [0.1, 0.15) is 25.3 Å². The third kappa shape index (κ3) is 3.40. The van der Waals surface area contributed by atoms with Crippen molar-refractivity contribution in [1.82, 2.24) is 5.32 Å². The summed E-state index contributed by atoms with van der Waals surface area (Å²) in [6.07, 6.45) is 2.24. The van der Waals surface area contributed by atoms with Crippen LogP contribution in [0.15, 0.2) is 23.1 Å². The summed E-state index contributed by atoms with van der Waals surface area (Å²) in [7, 11) is 0. The fourth-order valence-electron chi connectivity index (χ4n) is 1.57. The topological polar surface area (TPSA) is 55.1 Å². The molecular formula is C13H18N2OS. The Hall–Kier alpha value is -1.16. The van der Waals surface area contributed by atoms with Gasteiger partial charge in [-0.15, -0.1) is 11.8 Å². The summed E-state index contributed by atoms with van der Waals surface area (Å²) in [5.41, 5.74) is 7.82. The van der Waals surface area contributed by atoms with E-state index in [0.717, 1.165) is 29.0 Å². The molecule has 1 unspecified atom stereocenters. The van der Waals surface area contributed by atoms with Gasteiger partial charge in [0.15, 0.2) is 0 Å². The molecule has 92 valence electrons. The van der Waals surface area contributed by atoms with E-state index in [2.05, 4.69) is 5.32 Å². The van der Waals surface area contributed by atoms with Crippen LogP contribution in [0.2, 0.25) is 0 Å². The molecule has 2 rings (SSSR count). The largest absolute Gasteiger partial charge is 0.398 e. The molecule has 1 atom stereocenters. The summed E-state index contributed by atoms with van der Waals surface area (Å²) in [6, 6.07) is 6.36. The molecule has 1 amide bonds. The summed E-state index contributed by atoms with van der Waals surface area (Å²) in [6.45, 7) is 3.93. The van der Waals surface area contributed by atoms with Crippen LogP contribution in [0.3, 0.4) is 0 Å². The molecule has 0 spiro atoms. The van der Waals surface area contributed by atoms with Crippen molar-refractivity contribution in [3.05, 3.63) is 23.8 Å². The van der Waals surface area contributed by atoms with E-state index < -0.39 is 0 Å². The maximum Gasteiger partial charge on any atom is 0.233 e. The predicted octanol–water partition coefficient (Wildman–Crippen LogP) is 2.34. The molecule has 0 aliphatic heterocycles. The molecule has 0 heterocycles. The summed E-state index contributed by atoms with van der Waals surface area (Å²) in [4.78, 5) is 12.8. The zero-order chi connectivity index (χ0) is 12.4. The van der Waals surface area contributed by atoms with Gasteiger partial charge >= 0.3 is 0 Å². The number of benzene rings is 1. The molecule has 17 heavy (non-hydrogen) atoms. The number of hydrogen-bond acceptors (Lipinski definition) is 3. The van der Waals surface area contributed by atoms with Gasteiger partial charge in [-0.05, 0) is 44.4 Å². The lowest BCUT2D eigenvalue weighted by Crippen LogP contribution is -2.32. The maximum atomic E-state index is 11.8. The molecule has 1 aromatic carbocycles. The number of carbonyl (C=O) groups excluding carboxylic acids is 1. The molecule has 0 radical (unpaired) electrons. The Balaban J connectivity index is 1.96. The first-order valence-corrected chi connectivity index (χ1v) is 6.77. The molecule has 0 aromatic heterocycles. The second-order valence-corrected chi connectivity index (χ2v) is 5.97. The molecule has 4 heteroatoms. The van der Waals surface area contributed by atoms with E-state index >= 15 is 0 Å². The Labute approximate surface area is 106 Å². The van der Waals surface area contributed by atoms with Gasteiger partial charge in [0, 0.05) is 16.6 Å². The predicted molar refractivity (Wildman–Crippen MR) is 72.1 cm³/mol. The van der Waals surface area contributed by atoms with E-state index in [1.807, 2.05) is 32.0 Å². The maximum absolute atomic E-state index is 11.8. The van der Waals surface area contributed by atoms with Gasteiger partial charge in [-0.2, -0.15) is 0 Å². The van der Waals surface area contributed by atoms with E-state index in [1.54, 1.807) is 0 Å². The fraction of sp³-hybridized carbons (Fsp3) is 0.462. The van der Waals surface area contributed by atoms with Crippen LogP contribution in [-0.4, -0.2) is 17.2 Å². The van der Waals surface area contributed by atoms with Crippen molar-refractivity contribution in [3.8, 4) is 0 Å². The minimum Gasteiger partial charge on any atom is -0.398 e. The number of nitrogens with two attached hydrogens (primary N) is 1. The minimum atomic E-state index is -0.0967.